The van der Waals surface area contributed by atoms with Crippen LogP contribution in [-0.4, -0.2) is 14.8 Å². The number of nitrogens with zero attached hydrogens (tertiary/aromatic N) is 2. The molecule has 2 unspecified atom stereocenters. The monoisotopic (exact) mass is 195 g/mol. The van der Waals surface area contributed by atoms with Crippen LogP contribution in [0.3, 0.4) is 0 Å². The molecule has 1 aromatic rings. The van der Waals surface area contributed by atoms with Crippen molar-refractivity contribution in [2.24, 2.45) is 11.8 Å². The first-order chi connectivity index (χ1) is 6.25. The Hall–Kier alpha value is -0.640. The van der Waals surface area contributed by atoms with Gasteiger partial charge in [-0.25, -0.2) is 0 Å². The van der Waals surface area contributed by atoms with Crippen LogP contribution in [-0.2, 0) is 0 Å². The van der Waals surface area contributed by atoms with Crippen molar-refractivity contribution in [3.63, 3.8) is 0 Å². The summed E-state index contributed by atoms with van der Waals surface area (Å²) >= 11 is 5.21. The molecule has 3 rings (SSSR count). The minimum atomic E-state index is 0.634. The van der Waals surface area contributed by atoms with Crippen molar-refractivity contribution in [2.45, 2.75) is 32.2 Å². The lowest BCUT2D eigenvalue weighted by molar-refractivity contribution is 0.453. The highest BCUT2D eigenvalue weighted by molar-refractivity contribution is 7.71. The van der Waals surface area contributed by atoms with Gasteiger partial charge in [-0.15, -0.1) is 0 Å². The van der Waals surface area contributed by atoms with E-state index in [2.05, 4.69) is 14.8 Å². The standard InChI is InChI=1S/C9H13N3S/c1-5-10-11-9(13)12(5)8-3-6-2-7(6)4-8/h6-8H,2-4H2,1H3,(H,11,13). The molecule has 3 nitrogen and oxygen atoms in total. The second kappa shape index (κ2) is 2.44. The Morgan fingerprint density at radius 1 is 1.38 bits per heavy atom. The molecule has 1 heterocycles. The molecule has 0 aromatic carbocycles. The number of fused-ring (bicyclic) bond motifs is 1. The summed E-state index contributed by atoms with van der Waals surface area (Å²) in [5.41, 5.74) is 0. The van der Waals surface area contributed by atoms with Crippen molar-refractivity contribution in [1.82, 2.24) is 14.8 Å². The summed E-state index contributed by atoms with van der Waals surface area (Å²) in [4.78, 5) is 0. The van der Waals surface area contributed by atoms with Gasteiger partial charge in [0.15, 0.2) is 4.77 Å². The van der Waals surface area contributed by atoms with Gasteiger partial charge in [0, 0.05) is 6.04 Å². The van der Waals surface area contributed by atoms with Crippen LogP contribution in [0.15, 0.2) is 0 Å². The molecule has 0 spiro atoms. The third-order valence-corrected chi connectivity index (χ3v) is 3.75. The van der Waals surface area contributed by atoms with E-state index in [4.69, 9.17) is 12.2 Å². The van der Waals surface area contributed by atoms with E-state index in [1.54, 1.807) is 0 Å². The van der Waals surface area contributed by atoms with Gasteiger partial charge in [-0.1, -0.05) is 0 Å². The number of aryl methyl sites for hydroxylation is 1. The highest BCUT2D eigenvalue weighted by atomic mass is 32.1. The SMILES string of the molecule is Cc1n[nH]c(=S)n1C1CC2CC2C1. The maximum Gasteiger partial charge on any atom is 0.195 e. The van der Waals surface area contributed by atoms with Crippen LogP contribution >= 0.6 is 12.2 Å². The predicted octanol–water partition coefficient (Wildman–Crippen LogP) is 2.22. The molecule has 2 aliphatic carbocycles. The predicted molar refractivity (Wildman–Crippen MR) is 52.0 cm³/mol. The van der Waals surface area contributed by atoms with Gasteiger partial charge in [-0.05, 0) is 50.2 Å². The van der Waals surface area contributed by atoms with Crippen molar-refractivity contribution in [3.8, 4) is 0 Å². The zero-order chi connectivity index (χ0) is 9.00. The number of hydrogen-bond donors (Lipinski definition) is 1. The zero-order valence-electron chi connectivity index (χ0n) is 7.66. The summed E-state index contributed by atoms with van der Waals surface area (Å²) in [7, 11) is 0. The Morgan fingerprint density at radius 2 is 2.08 bits per heavy atom. The first-order valence-corrected chi connectivity index (χ1v) is 5.30. The lowest BCUT2D eigenvalue weighted by atomic mass is 10.1. The first kappa shape index (κ1) is 7.74. The fourth-order valence-electron chi connectivity index (χ4n) is 2.71. The van der Waals surface area contributed by atoms with E-state index in [-0.39, 0.29) is 0 Å². The Bertz CT molecular complexity index is 382. The summed E-state index contributed by atoms with van der Waals surface area (Å²) in [6, 6.07) is 0.634. The molecule has 0 bridgehead atoms. The Morgan fingerprint density at radius 3 is 2.62 bits per heavy atom. The summed E-state index contributed by atoms with van der Waals surface area (Å²) in [5, 5.41) is 7.01. The van der Waals surface area contributed by atoms with Gasteiger partial charge >= 0.3 is 0 Å². The van der Waals surface area contributed by atoms with E-state index in [0.29, 0.717) is 6.04 Å². The lowest BCUT2D eigenvalue weighted by Gasteiger charge is -2.14. The van der Waals surface area contributed by atoms with Gasteiger partial charge in [0.1, 0.15) is 5.82 Å². The quantitative estimate of drug-likeness (QED) is 0.697. The van der Waals surface area contributed by atoms with Crippen LogP contribution in [0.25, 0.3) is 0 Å². The third-order valence-electron chi connectivity index (χ3n) is 3.46. The highest BCUT2D eigenvalue weighted by Gasteiger charge is 2.46. The molecule has 2 fully saturated rings. The van der Waals surface area contributed by atoms with Crippen LogP contribution < -0.4 is 0 Å². The molecule has 1 aromatic heterocycles. The van der Waals surface area contributed by atoms with E-state index in [1.165, 1.54) is 19.3 Å². The summed E-state index contributed by atoms with van der Waals surface area (Å²) in [6.45, 7) is 2.02. The fourth-order valence-corrected chi connectivity index (χ4v) is 3.03. The van der Waals surface area contributed by atoms with E-state index >= 15 is 0 Å². The molecule has 13 heavy (non-hydrogen) atoms. The van der Waals surface area contributed by atoms with Gasteiger partial charge in [0.2, 0.25) is 0 Å². The summed E-state index contributed by atoms with van der Waals surface area (Å²) in [5.74, 6) is 3.04. The van der Waals surface area contributed by atoms with Gasteiger partial charge < -0.3 is 4.57 Å². The minimum absolute atomic E-state index is 0.634. The van der Waals surface area contributed by atoms with Gasteiger partial charge in [0.25, 0.3) is 0 Å². The maximum absolute atomic E-state index is 5.21. The van der Waals surface area contributed by atoms with Crippen LogP contribution in [0.5, 0.6) is 0 Å². The van der Waals surface area contributed by atoms with Crippen molar-refractivity contribution in [3.05, 3.63) is 10.6 Å². The van der Waals surface area contributed by atoms with Gasteiger partial charge in [-0.2, -0.15) is 5.10 Å². The molecule has 70 valence electrons. The molecule has 4 heteroatoms. The molecule has 0 saturated heterocycles. The zero-order valence-corrected chi connectivity index (χ0v) is 8.47. The largest absolute Gasteiger partial charge is 0.301 e. The third kappa shape index (κ3) is 1.08. The lowest BCUT2D eigenvalue weighted by Crippen LogP contribution is -2.08. The van der Waals surface area contributed by atoms with Crippen molar-refractivity contribution in [2.75, 3.05) is 0 Å². The van der Waals surface area contributed by atoms with E-state index < -0.39 is 0 Å². The normalized spacial score (nSPS) is 36.2. The van der Waals surface area contributed by atoms with Crippen LogP contribution in [0.4, 0.5) is 0 Å². The molecule has 0 amide bonds. The average molecular weight is 195 g/mol. The van der Waals surface area contributed by atoms with Gasteiger partial charge in [0.05, 0.1) is 0 Å². The molecule has 0 aliphatic heterocycles. The molecule has 2 saturated carbocycles. The van der Waals surface area contributed by atoms with Crippen molar-refractivity contribution >= 4 is 12.2 Å². The van der Waals surface area contributed by atoms with Crippen LogP contribution in [0.2, 0.25) is 0 Å². The smallest absolute Gasteiger partial charge is 0.195 e. The Kier molecular flexibility index (Phi) is 1.45. The van der Waals surface area contributed by atoms with E-state index in [1.807, 2.05) is 6.92 Å². The van der Waals surface area contributed by atoms with E-state index in [0.717, 1.165) is 22.4 Å². The van der Waals surface area contributed by atoms with Gasteiger partial charge in [-0.3, -0.25) is 5.10 Å². The number of nitrogens with one attached hydrogen (secondary N) is 1. The Balaban J connectivity index is 1.96. The van der Waals surface area contributed by atoms with Crippen LogP contribution in [0.1, 0.15) is 31.1 Å². The molecule has 0 radical (unpaired) electrons. The average Bonchev–Trinajstić information content (AvgIpc) is 2.54. The molecule has 1 N–H and O–H groups in total. The second-order valence-corrected chi connectivity index (χ2v) is 4.71. The second-order valence-electron chi connectivity index (χ2n) is 4.33. The molecule has 2 aliphatic rings. The van der Waals surface area contributed by atoms with E-state index in [9.17, 15) is 0 Å². The number of aromatic amines is 1. The summed E-state index contributed by atoms with van der Waals surface area (Å²) < 4.78 is 2.99. The van der Waals surface area contributed by atoms with Crippen molar-refractivity contribution in [1.29, 1.82) is 0 Å². The summed E-state index contributed by atoms with van der Waals surface area (Å²) in [6.07, 6.45) is 4.10. The first-order valence-electron chi connectivity index (χ1n) is 4.89. The maximum atomic E-state index is 5.21. The van der Waals surface area contributed by atoms with Crippen LogP contribution in [0, 0.1) is 23.5 Å². The molecular formula is C9H13N3S. The molecule has 2 atom stereocenters. The van der Waals surface area contributed by atoms with Crippen molar-refractivity contribution < 1.29 is 0 Å². The highest BCUT2D eigenvalue weighted by Crippen LogP contribution is 2.56. The number of hydrogen-bond acceptors (Lipinski definition) is 2. The topological polar surface area (TPSA) is 33.6 Å². The number of rotatable bonds is 1. The number of aromatic nitrogens is 3. The minimum Gasteiger partial charge on any atom is -0.301 e. The Labute approximate surface area is 82.2 Å². The fraction of sp³-hybridized carbons (Fsp3) is 0.778. The number of H-pyrrole nitrogens is 1. The molecular weight excluding hydrogens is 182 g/mol.